The Labute approximate surface area is 117 Å². The molecule has 1 aromatic rings. The van der Waals surface area contributed by atoms with Crippen LogP contribution in [-0.4, -0.2) is 44.4 Å². The summed E-state index contributed by atoms with van der Waals surface area (Å²) in [6.07, 6.45) is 4.60. The van der Waals surface area contributed by atoms with E-state index in [4.69, 9.17) is 0 Å². The second kappa shape index (κ2) is 5.94. The first-order valence-electron chi connectivity index (χ1n) is 6.84. The lowest BCUT2D eigenvalue weighted by molar-refractivity contribution is -0.143. The average Bonchev–Trinajstić information content (AvgIpc) is 2.86. The Morgan fingerprint density at radius 3 is 2.90 bits per heavy atom. The summed E-state index contributed by atoms with van der Waals surface area (Å²) in [6, 6.07) is -1.13. The minimum Gasteiger partial charge on any atom is -0.480 e. The van der Waals surface area contributed by atoms with Crippen LogP contribution in [0.5, 0.6) is 0 Å². The molecule has 7 heteroatoms. The summed E-state index contributed by atoms with van der Waals surface area (Å²) in [7, 11) is 0. The van der Waals surface area contributed by atoms with Crippen molar-refractivity contribution in [3.05, 3.63) is 12.4 Å². The summed E-state index contributed by atoms with van der Waals surface area (Å²) in [4.78, 5) is 24.9. The number of amides is 2. The van der Waals surface area contributed by atoms with E-state index in [0.717, 1.165) is 13.0 Å². The number of hydrogen-bond acceptors (Lipinski definition) is 3. The Morgan fingerprint density at radius 1 is 1.55 bits per heavy atom. The number of hydrogen-bond donors (Lipinski definition) is 2. The van der Waals surface area contributed by atoms with Crippen LogP contribution >= 0.6 is 0 Å². The van der Waals surface area contributed by atoms with Crippen molar-refractivity contribution in [2.45, 2.75) is 39.3 Å². The fraction of sp³-hybridized carbons (Fsp3) is 0.615. The van der Waals surface area contributed by atoms with Gasteiger partial charge in [0.25, 0.3) is 0 Å². The van der Waals surface area contributed by atoms with Crippen LogP contribution in [0.25, 0.3) is 0 Å². The molecule has 0 bridgehead atoms. The van der Waals surface area contributed by atoms with E-state index in [9.17, 15) is 14.7 Å². The molecule has 20 heavy (non-hydrogen) atoms. The standard InChI is InChI=1S/C13H20N4O3/c1-3-16-8-10(7-14-16)15-13(20)17-5-4-9(2)6-11(17)12(18)19/h7-9,11H,3-6H2,1-2H3,(H,15,20)(H,18,19). The number of nitrogens with one attached hydrogen (secondary N) is 1. The Morgan fingerprint density at radius 2 is 2.30 bits per heavy atom. The van der Waals surface area contributed by atoms with E-state index < -0.39 is 12.0 Å². The van der Waals surface area contributed by atoms with Gasteiger partial charge in [0.2, 0.25) is 0 Å². The fourth-order valence-corrected chi connectivity index (χ4v) is 2.42. The zero-order valence-corrected chi connectivity index (χ0v) is 11.7. The van der Waals surface area contributed by atoms with E-state index in [-0.39, 0.29) is 6.03 Å². The molecule has 2 N–H and O–H groups in total. The van der Waals surface area contributed by atoms with E-state index in [2.05, 4.69) is 10.4 Å². The Balaban J connectivity index is 2.04. The predicted octanol–water partition coefficient (Wildman–Crippen LogP) is 1.62. The maximum absolute atomic E-state index is 12.2. The molecule has 1 aliphatic heterocycles. The summed E-state index contributed by atoms with van der Waals surface area (Å²) in [5.74, 6) is -0.626. The fourth-order valence-electron chi connectivity index (χ4n) is 2.42. The Hall–Kier alpha value is -2.05. The molecule has 110 valence electrons. The molecule has 1 saturated heterocycles. The zero-order valence-electron chi connectivity index (χ0n) is 11.7. The number of carbonyl (C=O) groups excluding carboxylic acids is 1. The second-order valence-electron chi connectivity index (χ2n) is 5.19. The highest BCUT2D eigenvalue weighted by Gasteiger charge is 2.34. The first kappa shape index (κ1) is 14.4. The van der Waals surface area contributed by atoms with Crippen LogP contribution < -0.4 is 5.32 Å². The monoisotopic (exact) mass is 280 g/mol. The van der Waals surface area contributed by atoms with Gasteiger partial charge in [-0.15, -0.1) is 0 Å². The van der Waals surface area contributed by atoms with Crippen molar-refractivity contribution in [1.82, 2.24) is 14.7 Å². The largest absolute Gasteiger partial charge is 0.480 e. The lowest BCUT2D eigenvalue weighted by Crippen LogP contribution is -2.51. The van der Waals surface area contributed by atoms with E-state index in [1.165, 1.54) is 4.90 Å². The highest BCUT2D eigenvalue weighted by Crippen LogP contribution is 2.23. The number of piperidine rings is 1. The number of aromatic nitrogens is 2. The number of urea groups is 1. The van der Waals surface area contributed by atoms with Gasteiger partial charge in [0.15, 0.2) is 0 Å². The van der Waals surface area contributed by atoms with Crippen molar-refractivity contribution in [2.75, 3.05) is 11.9 Å². The van der Waals surface area contributed by atoms with Gasteiger partial charge in [0, 0.05) is 19.3 Å². The van der Waals surface area contributed by atoms with Crippen LogP contribution in [0.1, 0.15) is 26.7 Å². The molecule has 2 unspecified atom stereocenters. The van der Waals surface area contributed by atoms with Crippen molar-refractivity contribution in [3.8, 4) is 0 Å². The maximum Gasteiger partial charge on any atom is 0.326 e. The van der Waals surface area contributed by atoms with Gasteiger partial charge >= 0.3 is 12.0 Å². The third-order valence-corrected chi connectivity index (χ3v) is 3.62. The summed E-state index contributed by atoms with van der Waals surface area (Å²) < 4.78 is 1.70. The quantitative estimate of drug-likeness (QED) is 0.880. The number of carboxylic acid groups (broad SMARTS) is 1. The molecule has 0 radical (unpaired) electrons. The highest BCUT2D eigenvalue weighted by atomic mass is 16.4. The Bertz CT molecular complexity index is 500. The lowest BCUT2D eigenvalue weighted by atomic mass is 9.93. The molecule has 0 aliphatic carbocycles. The van der Waals surface area contributed by atoms with Crippen LogP contribution in [-0.2, 0) is 11.3 Å². The molecule has 2 atom stereocenters. The first-order chi connectivity index (χ1) is 9.51. The number of carboxylic acids is 1. The van der Waals surface area contributed by atoms with Crippen LogP contribution in [0.3, 0.4) is 0 Å². The van der Waals surface area contributed by atoms with Crippen molar-refractivity contribution < 1.29 is 14.7 Å². The van der Waals surface area contributed by atoms with Crippen LogP contribution in [0.15, 0.2) is 12.4 Å². The van der Waals surface area contributed by atoms with Crippen LogP contribution in [0.2, 0.25) is 0 Å². The van der Waals surface area contributed by atoms with E-state index in [1.54, 1.807) is 17.1 Å². The molecule has 1 aliphatic rings. The summed E-state index contributed by atoms with van der Waals surface area (Å²) in [5, 5.41) is 16.0. The third kappa shape index (κ3) is 3.09. The maximum atomic E-state index is 12.2. The van der Waals surface area contributed by atoms with Crippen LogP contribution in [0, 0.1) is 5.92 Å². The molecule has 1 aromatic heterocycles. The molecule has 2 rings (SSSR count). The van der Waals surface area contributed by atoms with Crippen molar-refractivity contribution in [3.63, 3.8) is 0 Å². The first-order valence-corrected chi connectivity index (χ1v) is 6.84. The number of carbonyl (C=O) groups is 2. The van der Waals surface area contributed by atoms with Crippen molar-refractivity contribution in [2.24, 2.45) is 5.92 Å². The SMILES string of the molecule is CCn1cc(NC(=O)N2CCC(C)CC2C(=O)O)cn1. The zero-order chi connectivity index (χ0) is 14.7. The molecule has 2 amide bonds. The minimum atomic E-state index is -0.948. The number of anilines is 1. The predicted molar refractivity (Wildman–Crippen MR) is 73.4 cm³/mol. The molecule has 0 aromatic carbocycles. The molecule has 7 nitrogen and oxygen atoms in total. The van der Waals surface area contributed by atoms with Gasteiger partial charge in [-0.25, -0.2) is 9.59 Å². The minimum absolute atomic E-state index is 0.322. The molecule has 1 fully saturated rings. The van der Waals surface area contributed by atoms with E-state index >= 15 is 0 Å². The molecule has 2 heterocycles. The number of rotatable bonds is 3. The smallest absolute Gasteiger partial charge is 0.326 e. The average molecular weight is 280 g/mol. The van der Waals surface area contributed by atoms with Gasteiger partial charge in [0.05, 0.1) is 11.9 Å². The lowest BCUT2D eigenvalue weighted by Gasteiger charge is -2.35. The summed E-state index contributed by atoms with van der Waals surface area (Å²) >= 11 is 0. The molecular weight excluding hydrogens is 260 g/mol. The van der Waals surface area contributed by atoms with Gasteiger partial charge < -0.3 is 15.3 Å². The Kier molecular flexibility index (Phi) is 4.26. The van der Waals surface area contributed by atoms with E-state index in [0.29, 0.717) is 24.6 Å². The van der Waals surface area contributed by atoms with Gasteiger partial charge in [0.1, 0.15) is 6.04 Å². The highest BCUT2D eigenvalue weighted by molar-refractivity contribution is 5.92. The number of nitrogens with zero attached hydrogens (tertiary/aromatic N) is 3. The molecule has 0 spiro atoms. The number of likely N-dealkylation sites (tertiary alicyclic amines) is 1. The van der Waals surface area contributed by atoms with Crippen molar-refractivity contribution >= 4 is 17.7 Å². The molecular formula is C13H20N4O3. The number of aryl methyl sites for hydroxylation is 1. The van der Waals surface area contributed by atoms with Crippen molar-refractivity contribution in [1.29, 1.82) is 0 Å². The normalized spacial score (nSPS) is 22.6. The van der Waals surface area contributed by atoms with Gasteiger partial charge in [-0.1, -0.05) is 6.92 Å². The number of aliphatic carboxylic acids is 1. The van der Waals surface area contributed by atoms with Crippen LogP contribution in [0.4, 0.5) is 10.5 Å². The van der Waals surface area contributed by atoms with Gasteiger partial charge in [-0.05, 0) is 25.7 Å². The summed E-state index contributed by atoms with van der Waals surface area (Å²) in [5.41, 5.74) is 0.583. The topological polar surface area (TPSA) is 87.5 Å². The third-order valence-electron chi connectivity index (χ3n) is 3.62. The van der Waals surface area contributed by atoms with Gasteiger partial charge in [-0.2, -0.15) is 5.10 Å². The second-order valence-corrected chi connectivity index (χ2v) is 5.19. The van der Waals surface area contributed by atoms with E-state index in [1.807, 2.05) is 13.8 Å². The molecule has 0 saturated carbocycles. The van der Waals surface area contributed by atoms with Gasteiger partial charge in [-0.3, -0.25) is 4.68 Å². The summed E-state index contributed by atoms with van der Waals surface area (Å²) in [6.45, 7) is 5.14.